The highest BCUT2D eigenvalue weighted by Crippen LogP contribution is 2.25. The van der Waals surface area contributed by atoms with Crippen molar-refractivity contribution in [2.45, 2.75) is 20.0 Å². The number of nitrogens with zero attached hydrogens (tertiary/aromatic N) is 4. The lowest BCUT2D eigenvalue weighted by molar-refractivity contribution is 0.382. The number of rotatable bonds is 8. The van der Waals surface area contributed by atoms with Crippen molar-refractivity contribution < 1.29 is 9.47 Å². The lowest BCUT2D eigenvalue weighted by atomic mass is 10.2. The van der Waals surface area contributed by atoms with E-state index < -0.39 is 0 Å². The van der Waals surface area contributed by atoms with E-state index in [1.165, 1.54) is 0 Å². The van der Waals surface area contributed by atoms with E-state index in [2.05, 4.69) is 27.2 Å². The summed E-state index contributed by atoms with van der Waals surface area (Å²) in [4.78, 5) is 6.76. The van der Waals surface area contributed by atoms with Gasteiger partial charge in [-0.2, -0.15) is 5.10 Å². The van der Waals surface area contributed by atoms with Crippen molar-refractivity contribution in [3.05, 3.63) is 42.2 Å². The number of hydrogen-bond donors (Lipinski definition) is 1. The zero-order chi connectivity index (χ0) is 18.1. The van der Waals surface area contributed by atoms with Crippen molar-refractivity contribution >= 4 is 29.9 Å². The molecule has 0 radical (unpaired) electrons. The van der Waals surface area contributed by atoms with Gasteiger partial charge in [0.1, 0.15) is 11.5 Å². The molecular formula is C18H28IN5O2. The summed E-state index contributed by atoms with van der Waals surface area (Å²) in [6.07, 6.45) is 3.71. The predicted molar refractivity (Wildman–Crippen MR) is 115 cm³/mol. The van der Waals surface area contributed by atoms with Gasteiger partial charge in [0.15, 0.2) is 5.96 Å². The minimum absolute atomic E-state index is 0. The molecule has 0 aliphatic heterocycles. The molecule has 1 aromatic heterocycles. The second kappa shape index (κ2) is 11.6. The number of benzene rings is 1. The fourth-order valence-electron chi connectivity index (χ4n) is 2.47. The second-order valence-corrected chi connectivity index (χ2v) is 5.54. The first kappa shape index (κ1) is 22.1. The van der Waals surface area contributed by atoms with Crippen LogP contribution in [0.4, 0.5) is 0 Å². The first-order valence-corrected chi connectivity index (χ1v) is 8.35. The molecule has 0 unspecified atom stereocenters. The molecule has 8 heteroatoms. The van der Waals surface area contributed by atoms with Gasteiger partial charge in [-0.05, 0) is 25.1 Å². The molecule has 0 aliphatic rings. The topological polar surface area (TPSA) is 63.9 Å². The van der Waals surface area contributed by atoms with E-state index in [4.69, 9.17) is 9.47 Å². The van der Waals surface area contributed by atoms with Crippen LogP contribution in [-0.4, -0.2) is 55.0 Å². The van der Waals surface area contributed by atoms with E-state index in [0.29, 0.717) is 13.1 Å². The van der Waals surface area contributed by atoms with Gasteiger partial charge in [-0.25, -0.2) is 0 Å². The fraction of sp³-hybridized carbons (Fsp3) is 0.444. The van der Waals surface area contributed by atoms with Crippen LogP contribution in [0.15, 0.2) is 41.7 Å². The maximum Gasteiger partial charge on any atom is 0.194 e. The van der Waals surface area contributed by atoms with Gasteiger partial charge in [0, 0.05) is 44.2 Å². The third-order valence-electron chi connectivity index (χ3n) is 3.75. The Hall–Kier alpha value is -1.97. The van der Waals surface area contributed by atoms with Crippen LogP contribution in [0.5, 0.6) is 11.5 Å². The Bertz CT molecular complexity index is 676. The Balaban J connectivity index is 0.00000338. The predicted octanol–water partition coefficient (Wildman–Crippen LogP) is 2.62. The third kappa shape index (κ3) is 6.40. The first-order chi connectivity index (χ1) is 12.2. The Labute approximate surface area is 172 Å². The van der Waals surface area contributed by atoms with Crippen LogP contribution in [0, 0.1) is 0 Å². The van der Waals surface area contributed by atoms with Crippen LogP contribution in [0.25, 0.3) is 0 Å². The summed E-state index contributed by atoms with van der Waals surface area (Å²) < 4.78 is 12.6. The van der Waals surface area contributed by atoms with Crippen molar-refractivity contribution in [3.8, 4) is 11.5 Å². The zero-order valence-electron chi connectivity index (χ0n) is 15.8. The molecule has 1 aromatic carbocycles. The molecule has 0 spiro atoms. The molecule has 2 aromatic rings. The summed E-state index contributed by atoms with van der Waals surface area (Å²) in [5.41, 5.74) is 1.07. The molecule has 7 nitrogen and oxygen atoms in total. The number of methoxy groups -OCH3 is 2. The number of nitrogens with one attached hydrogen (secondary N) is 1. The fourth-order valence-corrected chi connectivity index (χ4v) is 2.47. The lowest BCUT2D eigenvalue weighted by Gasteiger charge is -2.23. The monoisotopic (exact) mass is 473 g/mol. The van der Waals surface area contributed by atoms with E-state index in [9.17, 15) is 0 Å². The Morgan fingerprint density at radius 1 is 1.31 bits per heavy atom. The van der Waals surface area contributed by atoms with Crippen molar-refractivity contribution in [1.29, 1.82) is 0 Å². The molecule has 0 bridgehead atoms. The number of guanidine groups is 1. The number of halogens is 1. The van der Waals surface area contributed by atoms with Crippen LogP contribution < -0.4 is 14.8 Å². The number of aliphatic imine (C=N–C) groups is 1. The molecule has 0 fully saturated rings. The number of ether oxygens (including phenoxy) is 2. The van der Waals surface area contributed by atoms with E-state index in [-0.39, 0.29) is 24.0 Å². The van der Waals surface area contributed by atoms with Gasteiger partial charge in [0.2, 0.25) is 0 Å². The van der Waals surface area contributed by atoms with Gasteiger partial charge >= 0.3 is 0 Å². The molecule has 0 aliphatic carbocycles. The van der Waals surface area contributed by atoms with Crippen molar-refractivity contribution in [3.63, 3.8) is 0 Å². The highest BCUT2D eigenvalue weighted by Gasteiger charge is 2.11. The summed E-state index contributed by atoms with van der Waals surface area (Å²) in [6, 6.07) is 7.76. The standard InChI is InChI=1S/C18H27N5O2.HI/c1-5-19-18(20-10-12-23-11-6-9-21-23)22(2)14-15-7-8-16(24-3)13-17(15)25-4;/h6-9,11,13H,5,10,12,14H2,1-4H3,(H,19,20);1H. The number of hydrogen-bond acceptors (Lipinski definition) is 4. The molecular weight excluding hydrogens is 445 g/mol. The molecule has 1 heterocycles. The van der Waals surface area contributed by atoms with Gasteiger partial charge in [0.05, 0.1) is 27.3 Å². The third-order valence-corrected chi connectivity index (χ3v) is 3.75. The summed E-state index contributed by atoms with van der Waals surface area (Å²) >= 11 is 0. The average Bonchev–Trinajstić information content (AvgIpc) is 3.14. The van der Waals surface area contributed by atoms with Crippen LogP contribution in [0.1, 0.15) is 12.5 Å². The largest absolute Gasteiger partial charge is 0.497 e. The van der Waals surface area contributed by atoms with Gasteiger partial charge in [-0.3, -0.25) is 9.67 Å². The minimum Gasteiger partial charge on any atom is -0.497 e. The SMILES string of the molecule is CCNC(=NCCn1cccn1)N(C)Cc1ccc(OC)cc1OC.I. The van der Waals surface area contributed by atoms with Gasteiger partial charge in [-0.1, -0.05) is 0 Å². The summed E-state index contributed by atoms with van der Waals surface area (Å²) in [6.45, 7) is 4.96. The zero-order valence-corrected chi connectivity index (χ0v) is 18.1. The smallest absolute Gasteiger partial charge is 0.194 e. The van der Waals surface area contributed by atoms with E-state index in [1.807, 2.05) is 42.2 Å². The Morgan fingerprint density at radius 3 is 2.73 bits per heavy atom. The molecule has 2 rings (SSSR count). The summed E-state index contributed by atoms with van der Waals surface area (Å²) in [5.74, 6) is 2.44. The van der Waals surface area contributed by atoms with Gasteiger partial charge in [-0.15, -0.1) is 24.0 Å². The highest BCUT2D eigenvalue weighted by molar-refractivity contribution is 14.0. The Morgan fingerprint density at radius 2 is 2.12 bits per heavy atom. The van der Waals surface area contributed by atoms with Gasteiger partial charge in [0.25, 0.3) is 0 Å². The highest BCUT2D eigenvalue weighted by atomic mass is 127. The molecule has 144 valence electrons. The second-order valence-electron chi connectivity index (χ2n) is 5.54. The minimum atomic E-state index is 0. The number of aromatic nitrogens is 2. The van der Waals surface area contributed by atoms with Crippen molar-refractivity contribution in [1.82, 2.24) is 20.0 Å². The van der Waals surface area contributed by atoms with Crippen LogP contribution in [0.3, 0.4) is 0 Å². The average molecular weight is 473 g/mol. The van der Waals surface area contributed by atoms with Crippen LogP contribution in [-0.2, 0) is 13.1 Å². The van der Waals surface area contributed by atoms with Crippen LogP contribution in [0.2, 0.25) is 0 Å². The molecule has 0 saturated carbocycles. The molecule has 26 heavy (non-hydrogen) atoms. The van der Waals surface area contributed by atoms with Crippen molar-refractivity contribution in [2.75, 3.05) is 34.4 Å². The van der Waals surface area contributed by atoms with Crippen LogP contribution >= 0.6 is 24.0 Å². The normalized spacial score (nSPS) is 10.8. The van der Waals surface area contributed by atoms with Crippen molar-refractivity contribution in [2.24, 2.45) is 4.99 Å². The quantitative estimate of drug-likeness (QED) is 0.363. The molecule has 0 amide bonds. The van der Waals surface area contributed by atoms with Gasteiger partial charge < -0.3 is 19.7 Å². The molecule has 1 N–H and O–H groups in total. The lowest BCUT2D eigenvalue weighted by Crippen LogP contribution is -2.38. The van der Waals surface area contributed by atoms with E-state index in [0.717, 1.165) is 36.1 Å². The summed E-state index contributed by atoms with van der Waals surface area (Å²) in [7, 11) is 5.33. The maximum absolute atomic E-state index is 5.48. The van der Waals surface area contributed by atoms with E-state index >= 15 is 0 Å². The molecule has 0 atom stereocenters. The Kier molecular flexibility index (Phi) is 9.85. The summed E-state index contributed by atoms with van der Waals surface area (Å²) in [5, 5.41) is 7.52. The maximum atomic E-state index is 5.48. The first-order valence-electron chi connectivity index (χ1n) is 8.35. The van der Waals surface area contributed by atoms with E-state index in [1.54, 1.807) is 20.4 Å². The molecule has 0 saturated heterocycles.